The SMILES string of the molecule is Oc1cccc2ccccc12.Oc1cccc2ccccc12.Oc1cccc2ccccc12.c1cnnnc1. The van der Waals surface area contributed by atoms with E-state index in [4.69, 9.17) is 0 Å². The molecular weight excluding hydrogens is 486 g/mol. The lowest BCUT2D eigenvalue weighted by Gasteiger charge is -1.97. The number of phenols is 3. The Hall–Kier alpha value is -5.49. The number of phenolic OH excluding ortho intramolecular Hbond substituents is 3. The average molecular weight is 514 g/mol. The molecule has 0 saturated carbocycles. The molecule has 0 aliphatic carbocycles. The molecular formula is C33H27N3O3. The molecule has 7 aromatic rings. The fourth-order valence-corrected chi connectivity index (χ4v) is 3.83. The van der Waals surface area contributed by atoms with Crippen LogP contribution in [0.4, 0.5) is 0 Å². The predicted molar refractivity (Wildman–Crippen MR) is 157 cm³/mol. The van der Waals surface area contributed by atoms with E-state index in [1.807, 2.05) is 109 Å². The van der Waals surface area contributed by atoms with Crippen molar-refractivity contribution in [2.45, 2.75) is 0 Å². The van der Waals surface area contributed by atoms with E-state index in [1.54, 1.807) is 36.7 Å². The first-order valence-electron chi connectivity index (χ1n) is 12.2. The van der Waals surface area contributed by atoms with Crippen LogP contribution in [0, 0.1) is 0 Å². The van der Waals surface area contributed by atoms with Gasteiger partial charge in [-0.05, 0) is 45.6 Å². The van der Waals surface area contributed by atoms with Gasteiger partial charge in [-0.1, -0.05) is 109 Å². The van der Waals surface area contributed by atoms with Crippen LogP contribution in [-0.4, -0.2) is 30.7 Å². The minimum Gasteiger partial charge on any atom is -0.507 e. The van der Waals surface area contributed by atoms with Crippen molar-refractivity contribution in [2.75, 3.05) is 0 Å². The zero-order chi connectivity index (χ0) is 27.3. The third kappa shape index (κ3) is 7.50. The van der Waals surface area contributed by atoms with Crippen molar-refractivity contribution in [3.63, 3.8) is 0 Å². The van der Waals surface area contributed by atoms with E-state index < -0.39 is 0 Å². The quantitative estimate of drug-likeness (QED) is 0.194. The second-order valence-electron chi connectivity index (χ2n) is 8.31. The molecule has 192 valence electrons. The van der Waals surface area contributed by atoms with Gasteiger partial charge in [0.1, 0.15) is 17.2 Å². The van der Waals surface area contributed by atoms with Crippen LogP contribution >= 0.6 is 0 Å². The molecule has 0 fully saturated rings. The van der Waals surface area contributed by atoms with Crippen molar-refractivity contribution < 1.29 is 15.3 Å². The molecule has 0 atom stereocenters. The number of hydrogen-bond donors (Lipinski definition) is 3. The van der Waals surface area contributed by atoms with Crippen LogP contribution in [0.15, 0.2) is 146 Å². The van der Waals surface area contributed by atoms with Crippen LogP contribution in [0.1, 0.15) is 0 Å². The Morgan fingerprint density at radius 3 is 0.897 bits per heavy atom. The maximum atomic E-state index is 9.37. The van der Waals surface area contributed by atoms with Crippen LogP contribution in [0.2, 0.25) is 0 Å². The fraction of sp³-hybridized carbons (Fsp3) is 0. The normalized spacial score (nSPS) is 9.85. The van der Waals surface area contributed by atoms with Gasteiger partial charge >= 0.3 is 0 Å². The van der Waals surface area contributed by atoms with Crippen molar-refractivity contribution in [3.8, 4) is 17.2 Å². The minimum absolute atomic E-state index is 0.350. The first kappa shape index (κ1) is 26.6. The van der Waals surface area contributed by atoms with Gasteiger partial charge in [0.05, 0.1) is 12.4 Å². The zero-order valence-corrected chi connectivity index (χ0v) is 21.0. The molecule has 0 amide bonds. The first-order valence-corrected chi connectivity index (χ1v) is 12.2. The summed E-state index contributed by atoms with van der Waals surface area (Å²) in [7, 11) is 0. The molecule has 7 rings (SSSR count). The lowest BCUT2D eigenvalue weighted by Crippen LogP contribution is -1.78. The van der Waals surface area contributed by atoms with Crippen molar-refractivity contribution in [3.05, 3.63) is 146 Å². The summed E-state index contributed by atoms with van der Waals surface area (Å²) in [6.07, 6.45) is 3.15. The van der Waals surface area contributed by atoms with E-state index in [0.29, 0.717) is 17.2 Å². The number of nitrogens with zero attached hydrogens (tertiary/aromatic N) is 3. The molecule has 6 heteroatoms. The van der Waals surface area contributed by atoms with E-state index in [9.17, 15) is 15.3 Å². The molecule has 0 radical (unpaired) electrons. The molecule has 6 aromatic carbocycles. The Balaban J connectivity index is 0.000000123. The highest BCUT2D eigenvalue weighted by molar-refractivity contribution is 5.89. The lowest BCUT2D eigenvalue weighted by atomic mass is 10.1. The minimum atomic E-state index is 0.350. The summed E-state index contributed by atoms with van der Waals surface area (Å²) in [6, 6.07) is 41.6. The third-order valence-corrected chi connectivity index (χ3v) is 5.71. The molecule has 6 nitrogen and oxygen atoms in total. The largest absolute Gasteiger partial charge is 0.507 e. The molecule has 0 unspecified atom stereocenters. The molecule has 0 saturated heterocycles. The standard InChI is InChI=1S/3C10H8O.C3H3N3/c3*11-10-7-3-5-8-4-1-2-6-9(8)10;1-2-4-6-5-3-1/h3*1-7,11H;1-3H. The second kappa shape index (κ2) is 13.7. The van der Waals surface area contributed by atoms with E-state index in [0.717, 1.165) is 32.3 Å². The number of hydrogen-bond acceptors (Lipinski definition) is 6. The second-order valence-corrected chi connectivity index (χ2v) is 8.31. The molecule has 0 aliphatic heterocycles. The van der Waals surface area contributed by atoms with Crippen LogP contribution in [0.5, 0.6) is 17.2 Å². The van der Waals surface area contributed by atoms with Gasteiger partial charge in [-0.15, -0.1) is 10.2 Å². The van der Waals surface area contributed by atoms with Crippen molar-refractivity contribution in [2.24, 2.45) is 0 Å². The number of benzene rings is 6. The Morgan fingerprint density at radius 1 is 0.333 bits per heavy atom. The highest BCUT2D eigenvalue weighted by Crippen LogP contribution is 2.24. The number of rotatable bonds is 0. The summed E-state index contributed by atoms with van der Waals surface area (Å²) >= 11 is 0. The fourth-order valence-electron chi connectivity index (χ4n) is 3.83. The Kier molecular flexibility index (Phi) is 9.34. The Bertz CT molecular complexity index is 1530. The zero-order valence-electron chi connectivity index (χ0n) is 21.0. The summed E-state index contributed by atoms with van der Waals surface area (Å²) in [5, 5.41) is 44.2. The monoisotopic (exact) mass is 513 g/mol. The van der Waals surface area contributed by atoms with Crippen LogP contribution in [0.25, 0.3) is 32.3 Å². The predicted octanol–water partition coefficient (Wildman–Crippen LogP) is 7.51. The molecule has 0 aliphatic rings. The number of fused-ring (bicyclic) bond motifs is 3. The molecule has 1 aromatic heterocycles. The molecule has 0 bridgehead atoms. The summed E-state index contributed by atoms with van der Waals surface area (Å²) in [5.41, 5.74) is 0. The molecule has 1 heterocycles. The van der Waals surface area contributed by atoms with Crippen LogP contribution in [-0.2, 0) is 0 Å². The summed E-state index contributed by atoms with van der Waals surface area (Å²) in [4.78, 5) is 0. The van der Waals surface area contributed by atoms with E-state index >= 15 is 0 Å². The summed E-state index contributed by atoms with van der Waals surface area (Å²) < 4.78 is 0. The van der Waals surface area contributed by atoms with Gasteiger partial charge in [-0.2, -0.15) is 0 Å². The number of aromatic nitrogens is 3. The van der Waals surface area contributed by atoms with Crippen molar-refractivity contribution in [1.29, 1.82) is 0 Å². The van der Waals surface area contributed by atoms with Crippen molar-refractivity contribution in [1.82, 2.24) is 15.4 Å². The maximum Gasteiger partial charge on any atom is 0.123 e. The van der Waals surface area contributed by atoms with E-state index in [2.05, 4.69) is 15.4 Å². The number of aromatic hydroxyl groups is 3. The first-order chi connectivity index (χ1) is 19.1. The van der Waals surface area contributed by atoms with Gasteiger partial charge < -0.3 is 15.3 Å². The summed E-state index contributed by atoms with van der Waals surface area (Å²) in [5.74, 6) is 1.05. The van der Waals surface area contributed by atoms with Gasteiger partial charge in [0, 0.05) is 16.2 Å². The molecule has 39 heavy (non-hydrogen) atoms. The maximum absolute atomic E-state index is 9.37. The van der Waals surface area contributed by atoms with Gasteiger partial charge in [0.15, 0.2) is 0 Å². The van der Waals surface area contributed by atoms with Crippen LogP contribution in [0.3, 0.4) is 0 Å². The average Bonchev–Trinajstić information content (AvgIpc) is 3.00. The van der Waals surface area contributed by atoms with E-state index in [1.165, 1.54) is 0 Å². The van der Waals surface area contributed by atoms with Crippen molar-refractivity contribution >= 4 is 32.3 Å². The van der Waals surface area contributed by atoms with E-state index in [-0.39, 0.29) is 0 Å². The molecule has 0 spiro atoms. The third-order valence-electron chi connectivity index (χ3n) is 5.71. The van der Waals surface area contributed by atoms with Gasteiger partial charge in [0.25, 0.3) is 0 Å². The highest BCUT2D eigenvalue weighted by Gasteiger charge is 1.96. The summed E-state index contributed by atoms with van der Waals surface area (Å²) in [6.45, 7) is 0. The van der Waals surface area contributed by atoms with Crippen LogP contribution < -0.4 is 0 Å². The Morgan fingerprint density at radius 2 is 0.641 bits per heavy atom. The topological polar surface area (TPSA) is 99.4 Å². The Labute approximate surface area is 226 Å². The van der Waals surface area contributed by atoms with Gasteiger partial charge in [0.2, 0.25) is 0 Å². The smallest absolute Gasteiger partial charge is 0.123 e. The highest BCUT2D eigenvalue weighted by atomic mass is 16.3. The van der Waals surface area contributed by atoms with Gasteiger partial charge in [-0.25, -0.2) is 0 Å². The van der Waals surface area contributed by atoms with Gasteiger partial charge in [-0.3, -0.25) is 0 Å². The molecule has 3 N–H and O–H groups in total. The lowest BCUT2D eigenvalue weighted by molar-refractivity contribution is 0.481.